The second-order valence-corrected chi connectivity index (χ2v) is 8.33. The molecule has 1 aliphatic rings. The van der Waals surface area contributed by atoms with E-state index in [-0.39, 0.29) is 5.91 Å². The van der Waals surface area contributed by atoms with Gasteiger partial charge < -0.3 is 14.5 Å². The number of aromatic nitrogens is 3. The van der Waals surface area contributed by atoms with Crippen molar-refractivity contribution in [3.05, 3.63) is 77.2 Å². The van der Waals surface area contributed by atoms with Crippen LogP contribution < -0.4 is 19.3 Å². The molecule has 172 valence electrons. The van der Waals surface area contributed by atoms with E-state index in [0.29, 0.717) is 58.9 Å². The van der Waals surface area contributed by atoms with Crippen LogP contribution in [0.5, 0.6) is 5.75 Å². The average Bonchev–Trinajstić information content (AvgIpc) is 2.93. The number of fused-ring (bicyclic) bond motifs is 3. The fourth-order valence-electron chi connectivity index (χ4n) is 4.17. The lowest BCUT2D eigenvalue weighted by Gasteiger charge is -2.23. The molecule has 3 aromatic heterocycles. The number of amides is 1. The van der Waals surface area contributed by atoms with Crippen molar-refractivity contribution in [3.63, 3.8) is 0 Å². The molecule has 0 atom stereocenters. The highest BCUT2D eigenvalue weighted by molar-refractivity contribution is 6.29. The Labute approximate surface area is 201 Å². The van der Waals surface area contributed by atoms with Crippen LogP contribution in [0.1, 0.15) is 22.8 Å². The Bertz CT molecular complexity index is 1410. The molecule has 4 heterocycles. The lowest BCUT2D eigenvalue weighted by atomic mass is 10.1. The molecule has 5 rings (SSSR count). The summed E-state index contributed by atoms with van der Waals surface area (Å²) < 4.78 is 7.09. The Morgan fingerprint density at radius 3 is 2.79 bits per heavy atom. The van der Waals surface area contributed by atoms with Crippen LogP contribution >= 0.6 is 11.6 Å². The fourth-order valence-corrected chi connectivity index (χ4v) is 4.32. The predicted molar refractivity (Wildman–Crippen MR) is 129 cm³/mol. The van der Waals surface area contributed by atoms with E-state index in [0.717, 1.165) is 15.7 Å². The predicted octanol–water partition coefficient (Wildman–Crippen LogP) is 4.18. The highest BCUT2D eigenvalue weighted by atomic mass is 35.5. The normalized spacial score (nSPS) is 13.0. The van der Waals surface area contributed by atoms with Gasteiger partial charge in [-0.25, -0.2) is 9.97 Å². The summed E-state index contributed by atoms with van der Waals surface area (Å²) in [6, 6.07) is 14.5. The van der Waals surface area contributed by atoms with E-state index in [1.165, 1.54) is 0 Å². The summed E-state index contributed by atoms with van der Waals surface area (Å²) in [5.41, 5.74) is 2.72. The number of halogens is 1. The zero-order valence-electron chi connectivity index (χ0n) is 18.8. The number of pyridine rings is 3. The van der Waals surface area contributed by atoms with Gasteiger partial charge >= 0.3 is 0 Å². The highest BCUT2D eigenvalue weighted by Gasteiger charge is 2.31. The summed E-state index contributed by atoms with van der Waals surface area (Å²) in [7, 11) is 1.73. The minimum Gasteiger partial charge on any atom is -0.492 e. The molecule has 0 saturated heterocycles. The zero-order valence-corrected chi connectivity index (χ0v) is 19.5. The molecule has 0 fully saturated rings. The number of hydrogen-bond acceptors (Lipinski definition) is 6. The molecule has 1 aromatic carbocycles. The molecule has 0 unspecified atom stereocenters. The molecule has 9 heteroatoms. The number of carbonyl (C=O) groups is 1. The third kappa shape index (κ3) is 3.76. The maximum atomic E-state index is 13.3. The maximum absolute atomic E-state index is 13.3. The van der Waals surface area contributed by atoms with Gasteiger partial charge in [0.2, 0.25) is 6.20 Å². The summed E-state index contributed by atoms with van der Waals surface area (Å²) in [6.07, 6.45) is 3.87. The van der Waals surface area contributed by atoms with E-state index in [1.807, 2.05) is 42.2 Å². The Balaban J connectivity index is 1.42. The third-order valence-corrected chi connectivity index (χ3v) is 6.11. The van der Waals surface area contributed by atoms with Gasteiger partial charge in [0.25, 0.3) is 11.4 Å². The summed E-state index contributed by atoms with van der Waals surface area (Å²) in [5, 5.41) is 11.2. The minimum atomic E-state index is -0.159. The van der Waals surface area contributed by atoms with Crippen molar-refractivity contribution in [2.45, 2.75) is 13.3 Å². The van der Waals surface area contributed by atoms with Crippen LogP contribution in [0.25, 0.3) is 10.9 Å². The summed E-state index contributed by atoms with van der Waals surface area (Å²) in [4.78, 5) is 25.9. The van der Waals surface area contributed by atoms with Gasteiger partial charge in [0, 0.05) is 43.1 Å². The van der Waals surface area contributed by atoms with Crippen LogP contribution in [0, 0.1) is 0 Å². The first-order valence-electron chi connectivity index (χ1n) is 10.9. The molecular weight excluding hydrogens is 454 g/mol. The van der Waals surface area contributed by atoms with Gasteiger partial charge in [0.05, 0.1) is 23.2 Å². The first-order valence-corrected chi connectivity index (χ1v) is 11.3. The zero-order chi connectivity index (χ0) is 23.8. The van der Waals surface area contributed by atoms with E-state index >= 15 is 0 Å². The number of para-hydroxylation sites is 1. The molecule has 8 nitrogen and oxygen atoms in total. The van der Waals surface area contributed by atoms with E-state index < -0.39 is 0 Å². The quantitative estimate of drug-likeness (QED) is 0.264. The van der Waals surface area contributed by atoms with Gasteiger partial charge in [-0.1, -0.05) is 23.7 Å². The molecule has 1 N–H and O–H groups in total. The van der Waals surface area contributed by atoms with E-state index in [1.54, 1.807) is 42.5 Å². The first-order chi connectivity index (χ1) is 16.5. The largest absolute Gasteiger partial charge is 0.492 e. The van der Waals surface area contributed by atoms with Gasteiger partial charge in [0.15, 0.2) is 5.82 Å². The topological polar surface area (TPSA) is 82.7 Å². The number of hydrogen-bond donors (Lipinski definition) is 1. The van der Waals surface area contributed by atoms with E-state index in [2.05, 4.69) is 9.97 Å². The Morgan fingerprint density at radius 1 is 1.15 bits per heavy atom. The number of carbonyl (C=O) groups excluding carboxylic acids is 1. The molecule has 0 aliphatic carbocycles. The van der Waals surface area contributed by atoms with Crippen LogP contribution in [-0.4, -0.2) is 41.3 Å². The van der Waals surface area contributed by atoms with Gasteiger partial charge in [-0.2, -0.15) is 0 Å². The van der Waals surface area contributed by atoms with Crippen LogP contribution in [-0.2, 0) is 6.42 Å². The van der Waals surface area contributed by atoms with Gasteiger partial charge in [-0.15, -0.1) is 0 Å². The Morgan fingerprint density at radius 2 is 1.97 bits per heavy atom. The first kappa shape index (κ1) is 21.9. The van der Waals surface area contributed by atoms with Crippen molar-refractivity contribution in [2.24, 2.45) is 0 Å². The smallest absolute Gasteiger partial charge is 0.268 e. The molecule has 1 aliphatic heterocycles. The van der Waals surface area contributed by atoms with Crippen molar-refractivity contribution < 1.29 is 19.5 Å². The SMILES string of the molecule is CCN1c2ncc(CCOc3cc[n+](O)c4ccccc34)cc2C(=O)N(C)c2ccc(Cl)nc21. The maximum Gasteiger partial charge on any atom is 0.268 e. The van der Waals surface area contributed by atoms with Gasteiger partial charge in [0.1, 0.15) is 16.7 Å². The van der Waals surface area contributed by atoms with Crippen molar-refractivity contribution in [3.8, 4) is 5.75 Å². The van der Waals surface area contributed by atoms with Gasteiger partial charge in [-0.05, 0) is 36.8 Å². The molecule has 34 heavy (non-hydrogen) atoms. The molecule has 1 amide bonds. The van der Waals surface area contributed by atoms with Crippen LogP contribution in [0.3, 0.4) is 0 Å². The van der Waals surface area contributed by atoms with E-state index in [9.17, 15) is 10.0 Å². The van der Waals surface area contributed by atoms with Crippen molar-refractivity contribution in [2.75, 3.05) is 30.0 Å². The number of benzene rings is 1. The summed E-state index contributed by atoms with van der Waals surface area (Å²) in [6.45, 7) is 2.95. The van der Waals surface area contributed by atoms with Crippen LogP contribution in [0.4, 0.5) is 17.3 Å². The average molecular weight is 477 g/mol. The van der Waals surface area contributed by atoms with Crippen molar-refractivity contribution in [1.29, 1.82) is 0 Å². The molecule has 0 spiro atoms. The second kappa shape index (κ2) is 8.79. The summed E-state index contributed by atoms with van der Waals surface area (Å²) >= 11 is 6.15. The van der Waals surface area contributed by atoms with Crippen molar-refractivity contribution >= 4 is 45.7 Å². The molecular formula is C25H23ClN5O3+. The number of nitrogens with zero attached hydrogens (tertiary/aromatic N) is 5. The number of rotatable bonds is 5. The van der Waals surface area contributed by atoms with Crippen LogP contribution in [0.2, 0.25) is 5.15 Å². The van der Waals surface area contributed by atoms with Crippen molar-refractivity contribution in [1.82, 2.24) is 9.97 Å². The fraction of sp³-hybridized carbons (Fsp3) is 0.200. The molecule has 4 aromatic rings. The Kier molecular flexibility index (Phi) is 5.67. The number of anilines is 3. The lowest BCUT2D eigenvalue weighted by Crippen LogP contribution is -2.30. The molecule has 0 radical (unpaired) electrons. The molecule has 0 saturated carbocycles. The highest BCUT2D eigenvalue weighted by Crippen LogP contribution is 2.38. The van der Waals surface area contributed by atoms with Gasteiger partial charge in [-0.3, -0.25) is 10.0 Å². The van der Waals surface area contributed by atoms with E-state index in [4.69, 9.17) is 16.3 Å². The number of ether oxygens (including phenoxy) is 1. The second-order valence-electron chi connectivity index (χ2n) is 7.94. The summed E-state index contributed by atoms with van der Waals surface area (Å²) in [5.74, 6) is 1.67. The standard InChI is InChI=1S/C25H23ClN5O3/c1-3-30-23-18(25(32)29(2)20-8-9-22(26)28-24(20)30)14-16(15-27-23)11-13-34-21-10-12-31(33)19-7-5-4-6-17(19)21/h4-10,12,14-15,33H,3,11,13H2,1-2H3/q+1. The lowest BCUT2D eigenvalue weighted by molar-refractivity contribution is -0.884. The molecule has 0 bridgehead atoms. The Hall–Kier alpha value is -3.91. The van der Waals surface area contributed by atoms with Crippen LogP contribution in [0.15, 0.2) is 60.9 Å². The third-order valence-electron chi connectivity index (χ3n) is 5.90. The monoisotopic (exact) mass is 476 g/mol. The minimum absolute atomic E-state index is 0.159.